The molecule has 2 heterocycles. The molecule has 34 heavy (non-hydrogen) atoms. The molecule has 0 fully saturated rings. The van der Waals surface area contributed by atoms with Gasteiger partial charge in [0.15, 0.2) is 0 Å². The third kappa shape index (κ3) is 7.16. The number of aromatic nitrogens is 2. The Kier molecular flexibility index (Phi) is 8.78. The Balaban J connectivity index is 1.64. The van der Waals surface area contributed by atoms with Crippen molar-refractivity contribution in [3.63, 3.8) is 0 Å². The number of hydrogen-bond acceptors (Lipinski definition) is 6. The first-order chi connectivity index (χ1) is 16.3. The number of benzene rings is 1. The van der Waals surface area contributed by atoms with Crippen LogP contribution < -0.4 is 16.0 Å². The van der Waals surface area contributed by atoms with Crippen molar-refractivity contribution in [2.75, 3.05) is 6.54 Å². The second-order valence-electron chi connectivity index (χ2n) is 8.64. The van der Waals surface area contributed by atoms with Gasteiger partial charge in [0.2, 0.25) is 11.7 Å². The van der Waals surface area contributed by atoms with Gasteiger partial charge in [-0.1, -0.05) is 44.2 Å². The Morgan fingerprint density at radius 3 is 2.68 bits per heavy atom. The molecule has 10 heteroatoms. The van der Waals surface area contributed by atoms with Crippen molar-refractivity contribution in [3.8, 4) is 0 Å². The fourth-order valence-electron chi connectivity index (χ4n) is 3.64. The van der Waals surface area contributed by atoms with Crippen LogP contribution in [0.3, 0.4) is 0 Å². The molecule has 2 unspecified atom stereocenters. The Hall–Kier alpha value is -3.69. The molecule has 3 rings (SSSR count). The molecule has 0 spiro atoms. The number of nitrogens with one attached hydrogen (secondary N) is 4. The highest BCUT2D eigenvalue weighted by Crippen LogP contribution is 2.10. The molecule has 4 N–H and O–H groups in total. The van der Waals surface area contributed by atoms with E-state index in [0.717, 1.165) is 17.0 Å². The van der Waals surface area contributed by atoms with E-state index in [1.54, 1.807) is 13.8 Å². The number of nitrogens with zero attached hydrogens (tertiary/aromatic N) is 1. The highest BCUT2D eigenvalue weighted by Gasteiger charge is 2.32. The molecule has 1 aliphatic heterocycles. The molecule has 10 nitrogen and oxygen atoms in total. The van der Waals surface area contributed by atoms with Gasteiger partial charge in [-0.3, -0.25) is 19.5 Å². The average molecular weight is 470 g/mol. The van der Waals surface area contributed by atoms with Crippen molar-refractivity contribution in [3.05, 3.63) is 53.3 Å². The standard InChI is InChI=1S/C24H31N5O5/c1-15(2)20(27-24(33)34-14-16-7-4-3-5-8-16)22(31)26-19-11-10-18-13-17(28-29-18)9-6-12-25-23(32)21(19)30/h3-5,7-8,13,15,19-20H,6,9-12,14H2,1-2H3,(H,25,32)(H,26,31)(H,27,33)(H,28,29). The molecule has 3 amide bonds. The van der Waals surface area contributed by atoms with Crippen LogP contribution in [0, 0.1) is 5.92 Å². The number of hydrogen-bond donors (Lipinski definition) is 4. The first-order valence-corrected chi connectivity index (χ1v) is 11.5. The number of rotatable bonds is 6. The van der Waals surface area contributed by atoms with E-state index in [0.29, 0.717) is 25.8 Å². The largest absolute Gasteiger partial charge is 0.445 e. The van der Waals surface area contributed by atoms with Gasteiger partial charge in [0.1, 0.15) is 12.6 Å². The van der Waals surface area contributed by atoms with Crippen LogP contribution in [-0.2, 0) is 38.6 Å². The summed E-state index contributed by atoms with van der Waals surface area (Å²) in [4.78, 5) is 50.4. The van der Waals surface area contributed by atoms with Gasteiger partial charge in [0, 0.05) is 12.2 Å². The second-order valence-corrected chi connectivity index (χ2v) is 8.64. The summed E-state index contributed by atoms with van der Waals surface area (Å²) in [7, 11) is 0. The molecule has 0 radical (unpaired) electrons. The Bertz CT molecular complexity index is 1000. The fraction of sp³-hybridized carbons (Fsp3) is 0.458. The van der Waals surface area contributed by atoms with Crippen LogP contribution >= 0.6 is 0 Å². The molecule has 2 bridgehead atoms. The third-order valence-electron chi connectivity index (χ3n) is 5.57. The Morgan fingerprint density at radius 1 is 1.18 bits per heavy atom. The molecule has 2 atom stereocenters. The van der Waals surface area contributed by atoms with E-state index in [4.69, 9.17) is 4.74 Å². The topological polar surface area (TPSA) is 142 Å². The summed E-state index contributed by atoms with van der Waals surface area (Å²) in [6.45, 7) is 3.93. The monoisotopic (exact) mass is 469 g/mol. The van der Waals surface area contributed by atoms with Gasteiger partial charge in [-0.25, -0.2) is 4.79 Å². The summed E-state index contributed by atoms with van der Waals surface area (Å²) >= 11 is 0. The quantitative estimate of drug-likeness (QED) is 0.471. The third-order valence-corrected chi connectivity index (χ3v) is 5.57. The van der Waals surface area contributed by atoms with Crippen LogP contribution in [0.25, 0.3) is 0 Å². The molecule has 0 saturated carbocycles. The van der Waals surface area contributed by atoms with Crippen molar-refractivity contribution in [1.29, 1.82) is 0 Å². The van der Waals surface area contributed by atoms with E-state index in [-0.39, 0.29) is 18.9 Å². The van der Waals surface area contributed by atoms with Gasteiger partial charge in [0.05, 0.1) is 11.7 Å². The maximum atomic E-state index is 13.0. The van der Waals surface area contributed by atoms with Crippen LogP contribution in [0.1, 0.15) is 43.6 Å². The molecule has 182 valence electrons. The van der Waals surface area contributed by atoms with Gasteiger partial charge in [-0.2, -0.15) is 5.10 Å². The van der Waals surface area contributed by atoms with E-state index < -0.39 is 35.8 Å². The minimum absolute atomic E-state index is 0.0616. The molecular formula is C24H31N5O5. The fourth-order valence-corrected chi connectivity index (χ4v) is 3.64. The summed E-state index contributed by atoms with van der Waals surface area (Å²) in [6.07, 6.45) is 1.22. The van der Waals surface area contributed by atoms with Crippen LogP contribution in [0.2, 0.25) is 0 Å². The molecule has 1 aliphatic rings. The number of Topliss-reactive ketones (excluding diaryl/α,β-unsaturated/α-hetero) is 1. The minimum atomic E-state index is -1.05. The van der Waals surface area contributed by atoms with E-state index in [1.807, 2.05) is 36.4 Å². The maximum absolute atomic E-state index is 13.0. The zero-order chi connectivity index (χ0) is 24.5. The van der Waals surface area contributed by atoms with Gasteiger partial charge >= 0.3 is 6.09 Å². The number of fused-ring (bicyclic) bond motifs is 2. The van der Waals surface area contributed by atoms with E-state index in [2.05, 4.69) is 26.1 Å². The number of aromatic amines is 1. The number of ether oxygens (including phenoxy) is 1. The van der Waals surface area contributed by atoms with Crippen molar-refractivity contribution in [2.24, 2.45) is 5.92 Å². The number of ketones is 1. The predicted molar refractivity (Wildman–Crippen MR) is 124 cm³/mol. The molecule has 1 aromatic carbocycles. The second kappa shape index (κ2) is 12.0. The first-order valence-electron chi connectivity index (χ1n) is 11.5. The van der Waals surface area contributed by atoms with E-state index >= 15 is 0 Å². The molecule has 0 saturated heterocycles. The zero-order valence-corrected chi connectivity index (χ0v) is 19.4. The average Bonchev–Trinajstić information content (AvgIpc) is 3.28. The Morgan fingerprint density at radius 2 is 1.94 bits per heavy atom. The molecule has 0 aliphatic carbocycles. The lowest BCUT2D eigenvalue weighted by Crippen LogP contribution is -2.55. The lowest BCUT2D eigenvalue weighted by Gasteiger charge is -2.24. The van der Waals surface area contributed by atoms with Gasteiger partial charge in [0.25, 0.3) is 5.91 Å². The molecule has 1 aromatic heterocycles. The predicted octanol–water partition coefficient (Wildman–Crippen LogP) is 1.41. The van der Waals surface area contributed by atoms with E-state index in [9.17, 15) is 19.2 Å². The van der Waals surface area contributed by atoms with Crippen molar-refractivity contribution in [1.82, 2.24) is 26.1 Å². The van der Waals surface area contributed by atoms with Gasteiger partial charge in [-0.15, -0.1) is 0 Å². The highest BCUT2D eigenvalue weighted by atomic mass is 16.5. The van der Waals surface area contributed by atoms with E-state index in [1.165, 1.54) is 0 Å². The van der Waals surface area contributed by atoms with Crippen molar-refractivity contribution >= 4 is 23.7 Å². The lowest BCUT2D eigenvalue weighted by molar-refractivity contribution is -0.140. The Labute approximate surface area is 198 Å². The van der Waals surface area contributed by atoms with Crippen LogP contribution in [0.15, 0.2) is 36.4 Å². The summed E-state index contributed by atoms with van der Waals surface area (Å²) in [5.41, 5.74) is 2.52. The van der Waals surface area contributed by atoms with Crippen molar-refractivity contribution < 1.29 is 23.9 Å². The number of carbonyl (C=O) groups excluding carboxylic acids is 4. The number of H-pyrrole nitrogens is 1. The number of aryl methyl sites for hydroxylation is 2. The van der Waals surface area contributed by atoms with Gasteiger partial charge in [-0.05, 0) is 43.2 Å². The normalized spacial score (nSPS) is 17.7. The summed E-state index contributed by atoms with van der Waals surface area (Å²) in [5, 5.41) is 15.0. The summed E-state index contributed by atoms with van der Waals surface area (Å²) in [5.74, 6) is -2.31. The van der Waals surface area contributed by atoms with Crippen LogP contribution in [0.5, 0.6) is 0 Å². The summed E-state index contributed by atoms with van der Waals surface area (Å²) < 4.78 is 5.22. The van der Waals surface area contributed by atoms with Crippen LogP contribution in [-0.4, -0.2) is 52.5 Å². The lowest BCUT2D eigenvalue weighted by atomic mass is 10.00. The molecular weight excluding hydrogens is 438 g/mol. The smallest absolute Gasteiger partial charge is 0.408 e. The first kappa shape index (κ1) is 24.9. The summed E-state index contributed by atoms with van der Waals surface area (Å²) in [6, 6.07) is 9.10. The minimum Gasteiger partial charge on any atom is -0.445 e. The number of carbonyl (C=O) groups is 4. The SMILES string of the molecule is CC(C)C(NC(=O)OCc1ccccc1)C(=O)NC1CCc2cc([nH]n2)CCCNC(=O)C1=O. The van der Waals surface area contributed by atoms with Crippen molar-refractivity contribution in [2.45, 2.75) is 58.2 Å². The highest BCUT2D eigenvalue weighted by molar-refractivity contribution is 6.38. The molecule has 2 aromatic rings. The zero-order valence-electron chi connectivity index (χ0n) is 19.4. The number of alkyl carbamates (subject to hydrolysis) is 1. The number of amides is 3. The van der Waals surface area contributed by atoms with Crippen LogP contribution in [0.4, 0.5) is 4.79 Å². The van der Waals surface area contributed by atoms with Gasteiger partial charge < -0.3 is 20.7 Å². The maximum Gasteiger partial charge on any atom is 0.408 e.